The Labute approximate surface area is 147 Å². The SMILES string of the molecule is CC(C)C1CCC2[C@@H]3CCC4CC(F)(F)CC[C@]4(C)C3CC[C@]12C. The van der Waals surface area contributed by atoms with Crippen LogP contribution in [0.2, 0.25) is 0 Å². The maximum absolute atomic E-state index is 14.0. The van der Waals surface area contributed by atoms with Crippen molar-refractivity contribution in [2.75, 3.05) is 0 Å². The van der Waals surface area contributed by atoms with Gasteiger partial charge in [-0.05, 0) is 91.3 Å². The van der Waals surface area contributed by atoms with Crippen LogP contribution in [0.3, 0.4) is 0 Å². The highest BCUT2D eigenvalue weighted by molar-refractivity contribution is 5.10. The maximum Gasteiger partial charge on any atom is 0.248 e. The number of halogens is 2. The third-order valence-corrected chi connectivity index (χ3v) is 9.52. The van der Waals surface area contributed by atoms with Crippen molar-refractivity contribution in [2.45, 2.75) is 91.4 Å². The number of hydrogen-bond acceptors (Lipinski definition) is 0. The zero-order valence-electron chi connectivity index (χ0n) is 16.1. The van der Waals surface area contributed by atoms with E-state index >= 15 is 0 Å². The van der Waals surface area contributed by atoms with E-state index in [1.807, 2.05) is 0 Å². The molecular formula is C22H36F2. The molecule has 4 rings (SSSR count). The molecule has 2 heteroatoms. The second-order valence-electron chi connectivity index (χ2n) is 10.7. The summed E-state index contributed by atoms with van der Waals surface area (Å²) in [7, 11) is 0. The Bertz CT molecular complexity index is 498. The molecule has 4 saturated carbocycles. The average Bonchev–Trinajstić information content (AvgIpc) is 2.85. The van der Waals surface area contributed by atoms with E-state index in [9.17, 15) is 8.78 Å². The van der Waals surface area contributed by atoms with Crippen molar-refractivity contribution in [1.82, 2.24) is 0 Å². The Hall–Kier alpha value is -0.140. The Kier molecular flexibility index (Phi) is 3.91. The summed E-state index contributed by atoms with van der Waals surface area (Å²) in [5, 5.41) is 0. The molecule has 0 heterocycles. The fourth-order valence-corrected chi connectivity index (χ4v) is 8.31. The number of rotatable bonds is 1. The highest BCUT2D eigenvalue weighted by Gasteiger charge is 2.61. The number of alkyl halides is 2. The molecule has 24 heavy (non-hydrogen) atoms. The first kappa shape index (κ1) is 17.3. The molecule has 0 aromatic rings. The summed E-state index contributed by atoms with van der Waals surface area (Å²) in [4.78, 5) is 0. The highest BCUT2D eigenvalue weighted by atomic mass is 19.3. The molecule has 7 atom stereocenters. The molecular weight excluding hydrogens is 302 g/mol. The van der Waals surface area contributed by atoms with Crippen molar-refractivity contribution in [2.24, 2.45) is 46.3 Å². The van der Waals surface area contributed by atoms with Crippen LogP contribution in [-0.4, -0.2) is 5.92 Å². The molecule has 4 aliphatic carbocycles. The molecule has 0 aromatic heterocycles. The van der Waals surface area contributed by atoms with Crippen LogP contribution in [-0.2, 0) is 0 Å². The summed E-state index contributed by atoms with van der Waals surface area (Å²) in [6.07, 6.45) is 8.82. The van der Waals surface area contributed by atoms with Crippen molar-refractivity contribution in [3.05, 3.63) is 0 Å². The van der Waals surface area contributed by atoms with Crippen LogP contribution in [0, 0.1) is 46.3 Å². The summed E-state index contributed by atoms with van der Waals surface area (Å²) >= 11 is 0. The van der Waals surface area contributed by atoms with Crippen molar-refractivity contribution in [3.8, 4) is 0 Å². The van der Waals surface area contributed by atoms with E-state index in [1.54, 1.807) is 0 Å². The Morgan fingerprint density at radius 1 is 0.792 bits per heavy atom. The van der Waals surface area contributed by atoms with Crippen LogP contribution >= 0.6 is 0 Å². The molecule has 0 spiro atoms. The second-order valence-corrected chi connectivity index (χ2v) is 10.7. The van der Waals surface area contributed by atoms with E-state index in [4.69, 9.17) is 0 Å². The van der Waals surface area contributed by atoms with Gasteiger partial charge in [-0.25, -0.2) is 8.78 Å². The minimum Gasteiger partial charge on any atom is -0.207 e. The zero-order chi connectivity index (χ0) is 17.3. The summed E-state index contributed by atoms with van der Waals surface area (Å²) in [5.41, 5.74) is 0.721. The lowest BCUT2D eigenvalue weighted by Gasteiger charge is -2.61. The average molecular weight is 339 g/mol. The van der Waals surface area contributed by atoms with Gasteiger partial charge in [0, 0.05) is 12.8 Å². The summed E-state index contributed by atoms with van der Waals surface area (Å²) < 4.78 is 28.0. The van der Waals surface area contributed by atoms with Crippen LogP contribution in [0.4, 0.5) is 8.78 Å². The Morgan fingerprint density at radius 2 is 1.50 bits per heavy atom. The predicted molar refractivity (Wildman–Crippen MR) is 95.0 cm³/mol. The van der Waals surface area contributed by atoms with Crippen molar-refractivity contribution < 1.29 is 8.78 Å². The van der Waals surface area contributed by atoms with Gasteiger partial charge in [-0.15, -0.1) is 0 Å². The van der Waals surface area contributed by atoms with Gasteiger partial charge in [0.25, 0.3) is 0 Å². The third kappa shape index (κ3) is 2.33. The van der Waals surface area contributed by atoms with Gasteiger partial charge < -0.3 is 0 Å². The minimum absolute atomic E-state index is 0.139. The molecule has 0 nitrogen and oxygen atoms in total. The Morgan fingerprint density at radius 3 is 2.21 bits per heavy atom. The molecule has 4 aliphatic rings. The molecule has 0 aromatic carbocycles. The van der Waals surface area contributed by atoms with Crippen LogP contribution in [0.5, 0.6) is 0 Å². The highest BCUT2D eigenvalue weighted by Crippen LogP contribution is 2.68. The van der Waals surface area contributed by atoms with Crippen LogP contribution in [0.15, 0.2) is 0 Å². The van der Waals surface area contributed by atoms with Gasteiger partial charge in [0.15, 0.2) is 0 Å². The van der Waals surface area contributed by atoms with E-state index in [0.29, 0.717) is 5.41 Å². The van der Waals surface area contributed by atoms with Crippen molar-refractivity contribution >= 4 is 0 Å². The zero-order valence-corrected chi connectivity index (χ0v) is 16.1. The van der Waals surface area contributed by atoms with E-state index < -0.39 is 5.92 Å². The number of hydrogen-bond donors (Lipinski definition) is 0. The van der Waals surface area contributed by atoms with E-state index in [2.05, 4.69) is 27.7 Å². The van der Waals surface area contributed by atoms with Gasteiger partial charge >= 0.3 is 0 Å². The third-order valence-electron chi connectivity index (χ3n) is 9.52. The molecule has 0 amide bonds. The van der Waals surface area contributed by atoms with Gasteiger partial charge in [0.05, 0.1) is 0 Å². The molecule has 0 bridgehead atoms. The first-order valence-electron chi connectivity index (χ1n) is 10.6. The second kappa shape index (κ2) is 5.43. The van der Waals surface area contributed by atoms with E-state index in [1.165, 1.54) is 32.1 Å². The maximum atomic E-state index is 14.0. The predicted octanol–water partition coefficient (Wildman–Crippen LogP) is 6.94. The molecule has 138 valence electrons. The lowest BCUT2D eigenvalue weighted by molar-refractivity contribution is -0.164. The van der Waals surface area contributed by atoms with Gasteiger partial charge in [-0.3, -0.25) is 0 Å². The monoisotopic (exact) mass is 338 g/mol. The van der Waals surface area contributed by atoms with Crippen molar-refractivity contribution in [1.29, 1.82) is 0 Å². The minimum atomic E-state index is -2.39. The topological polar surface area (TPSA) is 0 Å². The van der Waals surface area contributed by atoms with Gasteiger partial charge in [-0.1, -0.05) is 27.7 Å². The fourth-order valence-electron chi connectivity index (χ4n) is 8.31. The molecule has 4 unspecified atom stereocenters. The molecule has 0 aliphatic heterocycles. The summed E-state index contributed by atoms with van der Waals surface area (Å²) in [5.74, 6) is 1.95. The Balaban J connectivity index is 1.60. The molecule has 4 fully saturated rings. The number of fused-ring (bicyclic) bond motifs is 5. The van der Waals surface area contributed by atoms with Gasteiger partial charge in [0.1, 0.15) is 0 Å². The van der Waals surface area contributed by atoms with Crippen LogP contribution in [0.1, 0.15) is 85.5 Å². The van der Waals surface area contributed by atoms with Gasteiger partial charge in [0.2, 0.25) is 5.92 Å². The largest absolute Gasteiger partial charge is 0.248 e. The summed E-state index contributed by atoms with van der Waals surface area (Å²) in [6.45, 7) is 9.79. The standard InChI is InChI=1S/C22H36F2/c1-14(2)17-7-8-18-16-6-5-15-13-22(23,24)12-11-20(15,3)19(16)9-10-21(17,18)4/h14-19H,5-13H2,1-4H3/t15?,16-,17?,18?,19?,20-,21+/m0/s1. The van der Waals surface area contributed by atoms with Crippen LogP contribution in [0.25, 0.3) is 0 Å². The normalized spacial score (nSPS) is 53.4. The van der Waals surface area contributed by atoms with Crippen molar-refractivity contribution in [3.63, 3.8) is 0 Å². The first-order chi connectivity index (χ1) is 11.2. The van der Waals surface area contributed by atoms with Gasteiger partial charge in [-0.2, -0.15) is 0 Å². The molecule has 0 radical (unpaired) electrons. The van der Waals surface area contributed by atoms with E-state index in [-0.39, 0.29) is 24.2 Å². The molecule has 0 N–H and O–H groups in total. The fraction of sp³-hybridized carbons (Fsp3) is 1.00. The first-order valence-corrected chi connectivity index (χ1v) is 10.6. The quantitative estimate of drug-likeness (QED) is 0.486. The summed E-state index contributed by atoms with van der Waals surface area (Å²) in [6, 6.07) is 0. The molecule has 0 saturated heterocycles. The lowest BCUT2D eigenvalue weighted by atomic mass is 9.44. The smallest absolute Gasteiger partial charge is 0.207 e. The lowest BCUT2D eigenvalue weighted by Crippen LogP contribution is -2.54. The van der Waals surface area contributed by atoms with Crippen LogP contribution < -0.4 is 0 Å². The van der Waals surface area contributed by atoms with E-state index in [0.717, 1.165) is 42.4 Å².